The highest BCUT2D eigenvalue weighted by Crippen LogP contribution is 2.31. The van der Waals surface area contributed by atoms with E-state index in [1.807, 2.05) is 23.4 Å². The summed E-state index contributed by atoms with van der Waals surface area (Å²) < 4.78 is 0. The third-order valence-corrected chi connectivity index (χ3v) is 3.70. The zero-order valence-electron chi connectivity index (χ0n) is 10.4. The van der Waals surface area contributed by atoms with Gasteiger partial charge in [-0.3, -0.25) is 4.79 Å². The van der Waals surface area contributed by atoms with Gasteiger partial charge in [0.1, 0.15) is 12.0 Å². The molecule has 1 aliphatic rings. The van der Waals surface area contributed by atoms with Crippen molar-refractivity contribution >= 4 is 34.6 Å². The second kappa shape index (κ2) is 4.85. The van der Waals surface area contributed by atoms with E-state index in [1.54, 1.807) is 11.3 Å². The highest BCUT2D eigenvalue weighted by atomic mass is 32.1. The standard InChI is InChI=1S/C12H13N5OS/c1-17(6-8-3-2-4-19-8)12-10-11(14-7-15-12)13-5-9(18)16-10/h2-4,7H,5-6H2,1H3,(H,16,18)(H,13,14,15). The molecule has 0 saturated carbocycles. The molecule has 3 rings (SSSR count). The van der Waals surface area contributed by atoms with Gasteiger partial charge in [-0.15, -0.1) is 11.3 Å². The third-order valence-electron chi connectivity index (χ3n) is 2.84. The van der Waals surface area contributed by atoms with Crippen LogP contribution in [0.15, 0.2) is 23.8 Å². The average Bonchev–Trinajstić information content (AvgIpc) is 2.90. The predicted molar refractivity (Wildman–Crippen MR) is 75.6 cm³/mol. The topological polar surface area (TPSA) is 70.2 Å². The molecule has 0 aromatic carbocycles. The molecule has 7 heteroatoms. The second-order valence-corrected chi connectivity index (χ2v) is 5.29. The van der Waals surface area contributed by atoms with E-state index in [0.29, 0.717) is 11.5 Å². The van der Waals surface area contributed by atoms with Gasteiger partial charge in [0.15, 0.2) is 11.6 Å². The number of carbonyl (C=O) groups excluding carboxylic acids is 1. The molecule has 2 aromatic heterocycles. The number of thiophene rings is 1. The molecule has 1 aliphatic heterocycles. The van der Waals surface area contributed by atoms with Crippen LogP contribution in [0.3, 0.4) is 0 Å². The molecular weight excluding hydrogens is 262 g/mol. The summed E-state index contributed by atoms with van der Waals surface area (Å²) in [7, 11) is 1.95. The van der Waals surface area contributed by atoms with Gasteiger partial charge in [0, 0.05) is 11.9 Å². The summed E-state index contributed by atoms with van der Waals surface area (Å²) in [6, 6.07) is 4.10. The first kappa shape index (κ1) is 11.9. The molecule has 0 atom stereocenters. The fourth-order valence-electron chi connectivity index (χ4n) is 1.97. The van der Waals surface area contributed by atoms with Crippen LogP contribution in [-0.4, -0.2) is 29.5 Å². The van der Waals surface area contributed by atoms with E-state index in [-0.39, 0.29) is 12.5 Å². The molecule has 19 heavy (non-hydrogen) atoms. The fraction of sp³-hybridized carbons (Fsp3) is 0.250. The molecular formula is C12H13N5OS. The Morgan fingerprint density at radius 2 is 2.37 bits per heavy atom. The predicted octanol–water partition coefficient (Wildman–Crippen LogP) is 1.54. The highest BCUT2D eigenvalue weighted by Gasteiger charge is 2.21. The molecule has 3 heterocycles. The summed E-state index contributed by atoms with van der Waals surface area (Å²) in [5.41, 5.74) is 0.651. The summed E-state index contributed by atoms with van der Waals surface area (Å²) >= 11 is 1.70. The van der Waals surface area contributed by atoms with Gasteiger partial charge in [0.05, 0.1) is 13.1 Å². The number of hydrogen-bond donors (Lipinski definition) is 2. The van der Waals surface area contributed by atoms with E-state index in [4.69, 9.17) is 0 Å². The van der Waals surface area contributed by atoms with Gasteiger partial charge in [-0.2, -0.15) is 0 Å². The van der Waals surface area contributed by atoms with Crippen molar-refractivity contribution < 1.29 is 4.79 Å². The summed E-state index contributed by atoms with van der Waals surface area (Å²) in [5.74, 6) is 1.31. The van der Waals surface area contributed by atoms with Crippen LogP contribution in [0.5, 0.6) is 0 Å². The van der Waals surface area contributed by atoms with E-state index >= 15 is 0 Å². The molecule has 0 spiro atoms. The maximum absolute atomic E-state index is 11.5. The molecule has 0 fully saturated rings. The second-order valence-electron chi connectivity index (χ2n) is 4.26. The molecule has 0 radical (unpaired) electrons. The lowest BCUT2D eigenvalue weighted by molar-refractivity contribution is -0.114. The van der Waals surface area contributed by atoms with Gasteiger partial charge in [-0.1, -0.05) is 6.07 Å². The number of nitrogens with one attached hydrogen (secondary N) is 2. The summed E-state index contributed by atoms with van der Waals surface area (Å²) in [5, 5.41) is 7.85. The normalized spacial score (nSPS) is 13.4. The molecule has 1 amide bonds. The molecule has 0 aliphatic carbocycles. The SMILES string of the molecule is CN(Cc1cccs1)c1ncnc2c1NC(=O)CN2. The van der Waals surface area contributed by atoms with Crippen molar-refractivity contribution in [3.8, 4) is 0 Å². The summed E-state index contributed by atoms with van der Waals surface area (Å²) in [6.07, 6.45) is 1.50. The Hall–Kier alpha value is -2.15. The van der Waals surface area contributed by atoms with Gasteiger partial charge in [-0.25, -0.2) is 9.97 Å². The van der Waals surface area contributed by atoms with Gasteiger partial charge >= 0.3 is 0 Å². The number of hydrogen-bond acceptors (Lipinski definition) is 6. The van der Waals surface area contributed by atoms with Gasteiger partial charge in [0.25, 0.3) is 0 Å². The Bertz CT molecular complexity index is 598. The monoisotopic (exact) mass is 275 g/mol. The number of nitrogens with zero attached hydrogens (tertiary/aromatic N) is 3. The first-order chi connectivity index (χ1) is 9.24. The average molecular weight is 275 g/mol. The summed E-state index contributed by atoms with van der Waals surface area (Å²) in [4.78, 5) is 23.1. The van der Waals surface area contributed by atoms with Crippen LogP contribution in [0.4, 0.5) is 17.3 Å². The van der Waals surface area contributed by atoms with Gasteiger partial charge < -0.3 is 15.5 Å². The molecule has 2 N–H and O–H groups in total. The lowest BCUT2D eigenvalue weighted by Gasteiger charge is -2.24. The quantitative estimate of drug-likeness (QED) is 0.889. The van der Waals surface area contributed by atoms with Crippen molar-refractivity contribution in [1.82, 2.24) is 9.97 Å². The number of amides is 1. The minimum atomic E-state index is -0.0759. The van der Waals surface area contributed by atoms with E-state index in [0.717, 1.165) is 12.4 Å². The number of carbonyl (C=O) groups is 1. The first-order valence-corrected chi connectivity index (χ1v) is 6.74. The van der Waals surface area contributed by atoms with Crippen molar-refractivity contribution in [2.45, 2.75) is 6.54 Å². The lowest BCUT2D eigenvalue weighted by atomic mass is 10.3. The number of anilines is 3. The zero-order valence-corrected chi connectivity index (χ0v) is 11.2. The molecule has 0 bridgehead atoms. The van der Waals surface area contributed by atoms with Crippen LogP contribution < -0.4 is 15.5 Å². The van der Waals surface area contributed by atoms with Crippen molar-refractivity contribution in [2.75, 3.05) is 29.1 Å². The van der Waals surface area contributed by atoms with Crippen LogP contribution in [0.25, 0.3) is 0 Å². The molecule has 2 aromatic rings. The minimum absolute atomic E-state index is 0.0759. The van der Waals surface area contributed by atoms with Crippen molar-refractivity contribution in [2.24, 2.45) is 0 Å². The van der Waals surface area contributed by atoms with Crippen LogP contribution in [0, 0.1) is 0 Å². The van der Waals surface area contributed by atoms with Crippen molar-refractivity contribution in [3.05, 3.63) is 28.7 Å². The molecule has 98 valence electrons. The highest BCUT2D eigenvalue weighted by molar-refractivity contribution is 7.09. The van der Waals surface area contributed by atoms with Crippen LogP contribution in [-0.2, 0) is 11.3 Å². The Morgan fingerprint density at radius 3 is 3.16 bits per heavy atom. The number of rotatable bonds is 3. The van der Waals surface area contributed by atoms with E-state index in [1.165, 1.54) is 11.2 Å². The van der Waals surface area contributed by atoms with Crippen LogP contribution in [0.1, 0.15) is 4.88 Å². The van der Waals surface area contributed by atoms with Crippen molar-refractivity contribution in [3.63, 3.8) is 0 Å². The lowest BCUT2D eigenvalue weighted by Crippen LogP contribution is -2.30. The smallest absolute Gasteiger partial charge is 0.243 e. The van der Waals surface area contributed by atoms with Crippen LogP contribution in [0.2, 0.25) is 0 Å². The maximum atomic E-state index is 11.5. The van der Waals surface area contributed by atoms with Crippen molar-refractivity contribution in [1.29, 1.82) is 0 Å². The first-order valence-electron chi connectivity index (χ1n) is 5.86. The van der Waals surface area contributed by atoms with Gasteiger partial charge in [-0.05, 0) is 11.4 Å². The Balaban J connectivity index is 1.90. The molecule has 0 unspecified atom stereocenters. The van der Waals surface area contributed by atoms with Crippen LogP contribution >= 0.6 is 11.3 Å². The Kier molecular flexibility index (Phi) is 3.04. The minimum Gasteiger partial charge on any atom is -0.359 e. The zero-order chi connectivity index (χ0) is 13.2. The molecule has 0 saturated heterocycles. The largest absolute Gasteiger partial charge is 0.359 e. The number of fused-ring (bicyclic) bond motifs is 1. The maximum Gasteiger partial charge on any atom is 0.243 e. The fourth-order valence-corrected chi connectivity index (χ4v) is 2.73. The Labute approximate surface area is 114 Å². The Morgan fingerprint density at radius 1 is 1.47 bits per heavy atom. The van der Waals surface area contributed by atoms with Gasteiger partial charge in [0.2, 0.25) is 5.91 Å². The van der Waals surface area contributed by atoms with E-state index in [9.17, 15) is 4.79 Å². The number of aromatic nitrogens is 2. The third kappa shape index (κ3) is 2.37. The molecule has 6 nitrogen and oxygen atoms in total. The summed E-state index contributed by atoms with van der Waals surface area (Å²) in [6.45, 7) is 0.995. The van der Waals surface area contributed by atoms with E-state index < -0.39 is 0 Å². The van der Waals surface area contributed by atoms with E-state index in [2.05, 4.69) is 26.7 Å².